The van der Waals surface area contributed by atoms with Gasteiger partial charge in [-0.25, -0.2) is 0 Å². The monoisotopic (exact) mass is 276 g/mol. The summed E-state index contributed by atoms with van der Waals surface area (Å²) in [6.07, 6.45) is -0.774. The summed E-state index contributed by atoms with van der Waals surface area (Å²) in [5, 5.41) is 10.9. The molecule has 19 heavy (non-hydrogen) atoms. The third-order valence-corrected chi connectivity index (χ3v) is 3.43. The average Bonchev–Trinajstić information content (AvgIpc) is 2.46. The average molecular weight is 277 g/mol. The van der Waals surface area contributed by atoms with E-state index in [0.29, 0.717) is 35.3 Å². The molecule has 0 saturated heterocycles. The highest BCUT2D eigenvalue weighted by Gasteiger charge is 2.18. The number of hydrogen-bond donors (Lipinski definition) is 1. The van der Waals surface area contributed by atoms with Crippen LogP contribution in [0.4, 0.5) is 0 Å². The van der Waals surface area contributed by atoms with Gasteiger partial charge in [0.05, 0.1) is 0 Å². The maximum Gasteiger partial charge on any atom is 0.161 e. The van der Waals surface area contributed by atoms with Gasteiger partial charge in [-0.05, 0) is 23.8 Å². The van der Waals surface area contributed by atoms with Crippen molar-refractivity contribution in [3.8, 4) is 11.5 Å². The van der Waals surface area contributed by atoms with Crippen LogP contribution in [0.2, 0.25) is 5.02 Å². The number of ether oxygens (including phenoxy) is 2. The van der Waals surface area contributed by atoms with E-state index in [9.17, 15) is 5.11 Å². The summed E-state index contributed by atoms with van der Waals surface area (Å²) in [7, 11) is 0. The van der Waals surface area contributed by atoms with Crippen molar-refractivity contribution in [1.82, 2.24) is 0 Å². The first-order valence-corrected chi connectivity index (χ1v) is 6.45. The fraction of sp³-hybridized carbons (Fsp3) is 0.200. The smallest absolute Gasteiger partial charge is 0.161 e. The van der Waals surface area contributed by atoms with E-state index in [1.165, 1.54) is 0 Å². The molecular formula is C15H13ClO3. The number of halogens is 1. The molecule has 1 atom stereocenters. The Labute approximate surface area is 116 Å². The van der Waals surface area contributed by atoms with Crippen LogP contribution in [0.25, 0.3) is 0 Å². The van der Waals surface area contributed by atoms with E-state index < -0.39 is 6.10 Å². The molecule has 2 aromatic carbocycles. The predicted molar refractivity (Wildman–Crippen MR) is 72.9 cm³/mol. The Bertz CT molecular complexity index is 598. The van der Waals surface area contributed by atoms with Gasteiger partial charge >= 0.3 is 0 Å². The summed E-state index contributed by atoms with van der Waals surface area (Å²) in [5.41, 5.74) is 1.41. The number of benzene rings is 2. The fourth-order valence-corrected chi connectivity index (χ4v) is 2.35. The maximum atomic E-state index is 10.4. The SMILES string of the molecule is O[C@H](c1ccc2c(c1)OCCO2)c1ccccc1Cl. The second kappa shape index (κ2) is 5.11. The molecule has 0 bridgehead atoms. The molecule has 1 heterocycles. The van der Waals surface area contributed by atoms with Crippen molar-refractivity contribution in [3.63, 3.8) is 0 Å². The van der Waals surface area contributed by atoms with Crippen LogP contribution < -0.4 is 9.47 Å². The van der Waals surface area contributed by atoms with Crippen molar-refractivity contribution in [2.45, 2.75) is 6.10 Å². The van der Waals surface area contributed by atoms with Gasteiger partial charge in [0.1, 0.15) is 19.3 Å². The molecule has 98 valence electrons. The Hall–Kier alpha value is -1.71. The van der Waals surface area contributed by atoms with Crippen molar-refractivity contribution in [2.75, 3.05) is 13.2 Å². The zero-order valence-electron chi connectivity index (χ0n) is 10.2. The Kier molecular flexibility index (Phi) is 3.32. The summed E-state index contributed by atoms with van der Waals surface area (Å²) in [6.45, 7) is 1.08. The van der Waals surface area contributed by atoms with Crippen molar-refractivity contribution < 1.29 is 14.6 Å². The van der Waals surface area contributed by atoms with Crippen molar-refractivity contribution in [3.05, 3.63) is 58.6 Å². The second-order valence-electron chi connectivity index (χ2n) is 4.33. The molecule has 0 aliphatic carbocycles. The highest BCUT2D eigenvalue weighted by atomic mass is 35.5. The molecule has 1 N–H and O–H groups in total. The van der Waals surface area contributed by atoms with Crippen molar-refractivity contribution >= 4 is 11.6 Å². The lowest BCUT2D eigenvalue weighted by atomic mass is 10.0. The van der Waals surface area contributed by atoms with Crippen LogP contribution in [0, 0.1) is 0 Å². The lowest BCUT2D eigenvalue weighted by Crippen LogP contribution is -2.15. The molecule has 0 fully saturated rings. The molecule has 3 rings (SSSR count). The van der Waals surface area contributed by atoms with Crippen LogP contribution in [-0.2, 0) is 0 Å². The molecule has 0 amide bonds. The fourth-order valence-electron chi connectivity index (χ4n) is 2.11. The maximum absolute atomic E-state index is 10.4. The minimum absolute atomic E-state index is 0.526. The molecule has 0 aromatic heterocycles. The summed E-state index contributed by atoms with van der Waals surface area (Å²) >= 11 is 6.10. The van der Waals surface area contributed by atoms with E-state index in [2.05, 4.69) is 0 Å². The van der Waals surface area contributed by atoms with Crippen molar-refractivity contribution in [2.24, 2.45) is 0 Å². The third kappa shape index (κ3) is 2.39. The lowest BCUT2D eigenvalue weighted by molar-refractivity contribution is 0.169. The van der Waals surface area contributed by atoms with Gasteiger partial charge in [0.2, 0.25) is 0 Å². The second-order valence-corrected chi connectivity index (χ2v) is 4.73. The molecule has 0 unspecified atom stereocenters. The number of hydrogen-bond acceptors (Lipinski definition) is 3. The number of fused-ring (bicyclic) bond motifs is 1. The predicted octanol–water partition coefficient (Wildman–Crippen LogP) is 3.19. The van der Waals surface area contributed by atoms with E-state index in [0.717, 1.165) is 5.56 Å². The van der Waals surface area contributed by atoms with Crippen LogP contribution >= 0.6 is 11.6 Å². The molecule has 1 aliphatic heterocycles. The number of rotatable bonds is 2. The van der Waals surface area contributed by atoms with Crippen LogP contribution in [0.5, 0.6) is 11.5 Å². The van der Waals surface area contributed by atoms with Gasteiger partial charge in [0.15, 0.2) is 11.5 Å². The van der Waals surface area contributed by atoms with Gasteiger partial charge in [-0.2, -0.15) is 0 Å². The zero-order valence-corrected chi connectivity index (χ0v) is 10.9. The minimum atomic E-state index is -0.774. The van der Waals surface area contributed by atoms with Crippen LogP contribution in [0.15, 0.2) is 42.5 Å². The van der Waals surface area contributed by atoms with Crippen LogP contribution in [0.1, 0.15) is 17.2 Å². The molecule has 3 nitrogen and oxygen atoms in total. The Morgan fingerprint density at radius 2 is 1.74 bits per heavy atom. The first kappa shape index (κ1) is 12.3. The van der Waals surface area contributed by atoms with E-state index in [1.54, 1.807) is 12.1 Å². The molecular weight excluding hydrogens is 264 g/mol. The highest BCUT2D eigenvalue weighted by molar-refractivity contribution is 6.31. The first-order chi connectivity index (χ1) is 9.25. The molecule has 4 heteroatoms. The molecule has 2 aromatic rings. The summed E-state index contributed by atoms with van der Waals surface area (Å²) < 4.78 is 11.0. The zero-order chi connectivity index (χ0) is 13.2. The standard InChI is InChI=1S/C15H13ClO3/c16-12-4-2-1-3-11(12)15(17)10-5-6-13-14(9-10)19-8-7-18-13/h1-6,9,15,17H,7-8H2/t15-/m1/s1. The topological polar surface area (TPSA) is 38.7 Å². The Morgan fingerprint density at radius 3 is 2.53 bits per heavy atom. The third-order valence-electron chi connectivity index (χ3n) is 3.08. The lowest BCUT2D eigenvalue weighted by Gasteiger charge is -2.20. The van der Waals surface area contributed by atoms with Crippen LogP contribution in [-0.4, -0.2) is 18.3 Å². The number of aliphatic hydroxyl groups is 1. The molecule has 0 saturated carbocycles. The van der Waals surface area contributed by atoms with Gasteiger partial charge in [-0.3, -0.25) is 0 Å². The van der Waals surface area contributed by atoms with Gasteiger partial charge < -0.3 is 14.6 Å². The van der Waals surface area contributed by atoms with E-state index in [1.807, 2.05) is 30.3 Å². The van der Waals surface area contributed by atoms with Gasteiger partial charge in [-0.1, -0.05) is 35.9 Å². The number of aliphatic hydroxyl groups excluding tert-OH is 1. The highest BCUT2D eigenvalue weighted by Crippen LogP contribution is 2.35. The minimum Gasteiger partial charge on any atom is -0.486 e. The Morgan fingerprint density at radius 1 is 1.00 bits per heavy atom. The summed E-state index contributed by atoms with van der Waals surface area (Å²) in [6, 6.07) is 12.7. The van der Waals surface area contributed by atoms with Gasteiger partial charge in [0, 0.05) is 10.6 Å². The molecule has 1 aliphatic rings. The molecule has 0 radical (unpaired) electrons. The summed E-state index contributed by atoms with van der Waals surface area (Å²) in [4.78, 5) is 0. The summed E-state index contributed by atoms with van der Waals surface area (Å²) in [5.74, 6) is 1.37. The normalized spacial score (nSPS) is 15.1. The largest absolute Gasteiger partial charge is 0.486 e. The van der Waals surface area contributed by atoms with E-state index >= 15 is 0 Å². The van der Waals surface area contributed by atoms with Crippen molar-refractivity contribution in [1.29, 1.82) is 0 Å². The van der Waals surface area contributed by atoms with E-state index in [-0.39, 0.29) is 0 Å². The van der Waals surface area contributed by atoms with E-state index in [4.69, 9.17) is 21.1 Å². The Balaban J connectivity index is 1.96. The quantitative estimate of drug-likeness (QED) is 0.915. The molecule has 0 spiro atoms. The first-order valence-electron chi connectivity index (χ1n) is 6.08. The van der Waals surface area contributed by atoms with Crippen LogP contribution in [0.3, 0.4) is 0 Å². The van der Waals surface area contributed by atoms with Gasteiger partial charge in [-0.15, -0.1) is 0 Å². The van der Waals surface area contributed by atoms with Gasteiger partial charge in [0.25, 0.3) is 0 Å².